The van der Waals surface area contributed by atoms with Gasteiger partial charge in [0.2, 0.25) is 5.78 Å². The Kier molecular flexibility index (Phi) is 5.42. The first-order chi connectivity index (χ1) is 16.5. The summed E-state index contributed by atoms with van der Waals surface area (Å²) in [5, 5.41) is 11.8. The molecule has 3 aromatic rings. The number of nitrogens with zero attached hydrogens (tertiary/aromatic N) is 5. The van der Waals surface area contributed by atoms with E-state index in [1.165, 1.54) is 11.7 Å². The Labute approximate surface area is 200 Å². The molecule has 3 N–H and O–H groups in total. The van der Waals surface area contributed by atoms with Crippen LogP contribution in [0.15, 0.2) is 12.1 Å². The van der Waals surface area contributed by atoms with Gasteiger partial charge in [0.1, 0.15) is 17.2 Å². The molecule has 1 aliphatic carbocycles. The summed E-state index contributed by atoms with van der Waals surface area (Å²) in [6.45, 7) is 7.15. The number of hydrogen-bond donors (Lipinski definition) is 2. The molecule has 0 spiro atoms. The molecule has 0 radical (unpaired) electrons. The SMILES string of the molecule is Cc1ccc(-n2nc(C)c(C)n2)c(C(=O)c2c(N)nc(C3CC4CC4CN3)c(C(F)(F)F)c2C)n1. The van der Waals surface area contributed by atoms with Crippen LogP contribution in [0.2, 0.25) is 0 Å². The second-order valence-corrected chi connectivity index (χ2v) is 9.52. The van der Waals surface area contributed by atoms with Crippen LogP contribution >= 0.6 is 0 Å². The molecular formula is C24H26F3N7O. The van der Waals surface area contributed by atoms with Crippen molar-refractivity contribution < 1.29 is 18.0 Å². The van der Waals surface area contributed by atoms with Gasteiger partial charge in [-0.1, -0.05) is 0 Å². The first-order valence-electron chi connectivity index (χ1n) is 11.5. The van der Waals surface area contributed by atoms with E-state index in [9.17, 15) is 18.0 Å². The maximum atomic E-state index is 14.3. The van der Waals surface area contributed by atoms with Crippen molar-refractivity contribution in [3.05, 3.63) is 57.3 Å². The van der Waals surface area contributed by atoms with Gasteiger partial charge in [-0.05, 0) is 76.6 Å². The third-order valence-corrected chi connectivity index (χ3v) is 7.03. The highest BCUT2D eigenvalue weighted by Gasteiger charge is 2.46. The fourth-order valence-corrected chi connectivity index (χ4v) is 4.94. The lowest BCUT2D eigenvalue weighted by atomic mass is 9.91. The van der Waals surface area contributed by atoms with Crippen LogP contribution in [-0.2, 0) is 6.18 Å². The van der Waals surface area contributed by atoms with Gasteiger partial charge < -0.3 is 11.1 Å². The molecule has 2 fully saturated rings. The molecule has 5 rings (SSSR count). The van der Waals surface area contributed by atoms with Crippen molar-refractivity contribution in [2.45, 2.75) is 52.8 Å². The summed E-state index contributed by atoms with van der Waals surface area (Å²) in [4.78, 5) is 23.5. The van der Waals surface area contributed by atoms with Crippen molar-refractivity contribution in [1.82, 2.24) is 30.3 Å². The van der Waals surface area contributed by atoms with E-state index in [-0.39, 0.29) is 34.0 Å². The van der Waals surface area contributed by atoms with Crippen LogP contribution in [0.1, 0.15) is 68.8 Å². The van der Waals surface area contributed by atoms with Gasteiger partial charge in [-0.3, -0.25) is 4.79 Å². The number of aryl methyl sites for hydroxylation is 3. The first-order valence-corrected chi connectivity index (χ1v) is 11.5. The van der Waals surface area contributed by atoms with Crippen LogP contribution in [0.3, 0.4) is 0 Å². The monoisotopic (exact) mass is 485 g/mol. The van der Waals surface area contributed by atoms with Crippen LogP contribution in [0, 0.1) is 39.5 Å². The minimum atomic E-state index is -4.71. The van der Waals surface area contributed by atoms with Gasteiger partial charge in [-0.15, -0.1) is 4.80 Å². The topological polar surface area (TPSA) is 112 Å². The smallest absolute Gasteiger partial charge is 0.383 e. The Balaban J connectivity index is 1.65. The number of piperidine rings is 1. The van der Waals surface area contributed by atoms with Crippen molar-refractivity contribution in [2.75, 3.05) is 12.3 Å². The van der Waals surface area contributed by atoms with Crippen LogP contribution in [-0.4, -0.2) is 37.3 Å². The lowest BCUT2D eigenvalue weighted by molar-refractivity contribution is -0.139. The van der Waals surface area contributed by atoms with E-state index in [4.69, 9.17) is 5.73 Å². The summed E-state index contributed by atoms with van der Waals surface area (Å²) in [6, 6.07) is 2.73. The Hall–Kier alpha value is -3.34. The Bertz CT molecular complexity index is 1330. The highest BCUT2D eigenvalue weighted by Crippen LogP contribution is 2.49. The average Bonchev–Trinajstić information content (AvgIpc) is 3.48. The van der Waals surface area contributed by atoms with Crippen molar-refractivity contribution in [2.24, 2.45) is 11.8 Å². The number of aromatic nitrogens is 5. The van der Waals surface area contributed by atoms with Crippen molar-refractivity contribution >= 4 is 11.6 Å². The van der Waals surface area contributed by atoms with E-state index in [1.54, 1.807) is 32.9 Å². The number of ketones is 1. The number of halogens is 3. The zero-order valence-electron chi connectivity index (χ0n) is 19.9. The van der Waals surface area contributed by atoms with E-state index in [0.29, 0.717) is 41.9 Å². The number of carbonyl (C=O) groups excluding carboxylic acids is 1. The number of nitrogens with two attached hydrogens (primary N) is 1. The second kappa shape index (κ2) is 8.11. The molecule has 35 heavy (non-hydrogen) atoms. The fraction of sp³-hybridized carbons (Fsp3) is 0.458. The molecule has 0 amide bonds. The summed E-state index contributed by atoms with van der Waals surface area (Å²) < 4.78 is 43.0. The average molecular weight is 486 g/mol. The van der Waals surface area contributed by atoms with Gasteiger partial charge in [0.05, 0.1) is 34.3 Å². The molecule has 184 valence electrons. The van der Waals surface area contributed by atoms with Gasteiger partial charge in [-0.25, -0.2) is 9.97 Å². The summed E-state index contributed by atoms with van der Waals surface area (Å²) in [5.41, 5.74) is 6.56. The van der Waals surface area contributed by atoms with E-state index < -0.39 is 23.6 Å². The van der Waals surface area contributed by atoms with E-state index >= 15 is 0 Å². The number of rotatable bonds is 4. The molecule has 1 saturated carbocycles. The predicted molar refractivity (Wildman–Crippen MR) is 122 cm³/mol. The predicted octanol–water partition coefficient (Wildman–Crippen LogP) is 3.79. The standard InChI is InChI=1S/C24H26F3N7O/c1-10-5-6-17(34-32-12(3)13(4)33-34)21(30-10)22(35)18-11(2)19(24(25,26)27)20(31-23(18)28)16-8-14-7-15(14)9-29-16/h5-6,14-16,29H,7-9H2,1-4H3,(H2,28,31). The highest BCUT2D eigenvalue weighted by molar-refractivity contribution is 6.13. The number of carbonyl (C=O) groups is 1. The number of anilines is 1. The van der Waals surface area contributed by atoms with Crippen molar-refractivity contribution in [1.29, 1.82) is 0 Å². The van der Waals surface area contributed by atoms with Gasteiger partial charge in [0.15, 0.2) is 0 Å². The number of nitrogen functional groups attached to an aromatic ring is 1. The number of nitrogens with one attached hydrogen (secondary N) is 1. The Morgan fingerprint density at radius 2 is 1.74 bits per heavy atom. The Morgan fingerprint density at radius 1 is 1.06 bits per heavy atom. The first kappa shape index (κ1) is 23.4. The highest BCUT2D eigenvalue weighted by atomic mass is 19.4. The quantitative estimate of drug-likeness (QED) is 0.541. The maximum absolute atomic E-state index is 14.3. The van der Waals surface area contributed by atoms with Crippen molar-refractivity contribution in [3.8, 4) is 5.69 Å². The van der Waals surface area contributed by atoms with Gasteiger partial charge in [0.25, 0.3) is 0 Å². The molecule has 3 aromatic heterocycles. The molecule has 0 aromatic carbocycles. The number of pyridine rings is 2. The Morgan fingerprint density at radius 3 is 2.37 bits per heavy atom. The van der Waals surface area contributed by atoms with Crippen LogP contribution in [0.5, 0.6) is 0 Å². The maximum Gasteiger partial charge on any atom is 0.418 e. The summed E-state index contributed by atoms with van der Waals surface area (Å²) in [7, 11) is 0. The number of fused-ring (bicyclic) bond motifs is 1. The molecule has 11 heteroatoms. The second-order valence-electron chi connectivity index (χ2n) is 9.52. The van der Waals surface area contributed by atoms with Crippen molar-refractivity contribution in [3.63, 3.8) is 0 Å². The van der Waals surface area contributed by atoms with Gasteiger partial charge in [0, 0.05) is 5.69 Å². The summed E-state index contributed by atoms with van der Waals surface area (Å²) >= 11 is 0. The van der Waals surface area contributed by atoms with Gasteiger partial charge >= 0.3 is 6.18 Å². The van der Waals surface area contributed by atoms with Gasteiger partial charge in [-0.2, -0.15) is 23.4 Å². The number of hydrogen-bond acceptors (Lipinski definition) is 7. The summed E-state index contributed by atoms with van der Waals surface area (Å²) in [5.74, 6) is -0.0756. The summed E-state index contributed by atoms with van der Waals surface area (Å²) in [6.07, 6.45) is -3.13. The van der Waals surface area contributed by atoms with E-state index in [2.05, 4.69) is 25.5 Å². The minimum Gasteiger partial charge on any atom is -0.383 e. The van der Waals surface area contributed by atoms with Crippen LogP contribution in [0.25, 0.3) is 5.69 Å². The molecule has 0 bridgehead atoms. The zero-order valence-corrected chi connectivity index (χ0v) is 19.9. The normalized spacial score (nSPS) is 21.6. The third kappa shape index (κ3) is 4.07. The lowest BCUT2D eigenvalue weighted by Crippen LogP contribution is -2.32. The molecule has 1 aliphatic heterocycles. The fourth-order valence-electron chi connectivity index (χ4n) is 4.94. The van der Waals surface area contributed by atoms with E-state index in [0.717, 1.165) is 6.42 Å². The molecular weight excluding hydrogens is 459 g/mol. The van der Waals surface area contributed by atoms with E-state index in [1.807, 2.05) is 0 Å². The largest absolute Gasteiger partial charge is 0.418 e. The third-order valence-electron chi connectivity index (χ3n) is 7.03. The lowest BCUT2D eigenvalue weighted by Gasteiger charge is -2.27. The molecule has 3 atom stereocenters. The molecule has 4 heterocycles. The van der Waals surface area contributed by atoms with Crippen LogP contribution in [0.4, 0.5) is 19.0 Å². The molecule has 3 unspecified atom stereocenters. The van der Waals surface area contributed by atoms with Crippen LogP contribution < -0.4 is 11.1 Å². The molecule has 2 aliphatic rings. The molecule has 1 saturated heterocycles. The minimum absolute atomic E-state index is 0.0888. The molecule has 8 nitrogen and oxygen atoms in total. The zero-order chi connectivity index (χ0) is 25.2. The number of alkyl halides is 3.